The van der Waals surface area contributed by atoms with Crippen LogP contribution >= 0.6 is 0 Å². The topological polar surface area (TPSA) is 53.3 Å². The molecular formula is C15H26N2O2. The van der Waals surface area contributed by atoms with Gasteiger partial charge in [0, 0.05) is 19.0 Å². The highest BCUT2D eigenvalue weighted by Crippen LogP contribution is 2.37. The van der Waals surface area contributed by atoms with Crippen molar-refractivity contribution in [2.24, 2.45) is 11.3 Å². The van der Waals surface area contributed by atoms with Crippen LogP contribution in [0.5, 0.6) is 0 Å². The molecule has 1 rings (SSSR count). The summed E-state index contributed by atoms with van der Waals surface area (Å²) in [4.78, 5) is 13.7. The lowest BCUT2D eigenvalue weighted by Crippen LogP contribution is -2.44. The molecule has 0 aliphatic carbocycles. The van der Waals surface area contributed by atoms with Crippen molar-refractivity contribution in [3.63, 3.8) is 0 Å². The van der Waals surface area contributed by atoms with E-state index in [2.05, 4.69) is 13.0 Å². The number of nitriles is 1. The zero-order valence-corrected chi connectivity index (χ0v) is 12.8. The molecule has 1 aliphatic heterocycles. The molecule has 0 aromatic rings. The first-order valence-electron chi connectivity index (χ1n) is 7.03. The van der Waals surface area contributed by atoms with Crippen molar-refractivity contribution in [2.75, 3.05) is 13.1 Å². The number of ether oxygens (including phenoxy) is 1. The molecule has 19 heavy (non-hydrogen) atoms. The van der Waals surface area contributed by atoms with Crippen LogP contribution in [-0.4, -0.2) is 29.7 Å². The Labute approximate surface area is 116 Å². The smallest absolute Gasteiger partial charge is 0.410 e. The third-order valence-corrected chi connectivity index (χ3v) is 3.64. The van der Waals surface area contributed by atoms with Crippen LogP contribution in [0.1, 0.15) is 53.9 Å². The van der Waals surface area contributed by atoms with Gasteiger partial charge in [-0.1, -0.05) is 6.92 Å². The fourth-order valence-corrected chi connectivity index (χ4v) is 2.54. The van der Waals surface area contributed by atoms with Crippen molar-refractivity contribution in [2.45, 2.75) is 59.5 Å². The van der Waals surface area contributed by atoms with E-state index in [1.165, 1.54) is 0 Å². The van der Waals surface area contributed by atoms with Gasteiger partial charge in [0.15, 0.2) is 0 Å². The van der Waals surface area contributed by atoms with E-state index >= 15 is 0 Å². The van der Waals surface area contributed by atoms with Crippen LogP contribution in [0.25, 0.3) is 0 Å². The number of rotatable bonds is 2. The number of hydrogen-bond acceptors (Lipinski definition) is 3. The number of amides is 1. The lowest BCUT2D eigenvalue weighted by Gasteiger charge is -2.40. The number of likely N-dealkylation sites (tertiary alicyclic amines) is 1. The van der Waals surface area contributed by atoms with Crippen LogP contribution in [0.3, 0.4) is 0 Å². The molecule has 1 unspecified atom stereocenters. The minimum absolute atomic E-state index is 0.0816. The quantitative estimate of drug-likeness (QED) is 0.767. The van der Waals surface area contributed by atoms with E-state index in [9.17, 15) is 4.79 Å². The van der Waals surface area contributed by atoms with E-state index in [4.69, 9.17) is 10.00 Å². The Balaban J connectivity index is 2.49. The highest BCUT2D eigenvalue weighted by Gasteiger charge is 2.34. The number of piperidine rings is 1. The van der Waals surface area contributed by atoms with Crippen molar-refractivity contribution in [3.05, 3.63) is 0 Å². The van der Waals surface area contributed by atoms with E-state index in [0.29, 0.717) is 0 Å². The first-order valence-corrected chi connectivity index (χ1v) is 7.03. The number of hydrogen-bond donors (Lipinski definition) is 0. The molecule has 0 N–H and O–H groups in total. The van der Waals surface area contributed by atoms with Crippen LogP contribution in [0.4, 0.5) is 4.79 Å². The Morgan fingerprint density at radius 3 is 2.37 bits per heavy atom. The molecule has 0 aromatic heterocycles. The standard InChI is InChI=1S/C15H26N2O2/c1-12(11-16)10-15(5)6-8-17(9-7-15)13(18)19-14(2,3)4/h12H,6-10H2,1-5H3. The number of carbonyl (C=O) groups excluding carboxylic acids is 1. The Morgan fingerprint density at radius 2 is 1.95 bits per heavy atom. The Hall–Kier alpha value is -1.24. The maximum atomic E-state index is 12.0. The van der Waals surface area contributed by atoms with Gasteiger partial charge in [-0.15, -0.1) is 0 Å². The van der Waals surface area contributed by atoms with Crippen LogP contribution in [0.2, 0.25) is 0 Å². The van der Waals surface area contributed by atoms with Crippen LogP contribution in [0, 0.1) is 22.7 Å². The van der Waals surface area contributed by atoms with Gasteiger partial charge in [0.1, 0.15) is 5.60 Å². The largest absolute Gasteiger partial charge is 0.444 e. The van der Waals surface area contributed by atoms with E-state index in [1.54, 1.807) is 4.90 Å². The summed E-state index contributed by atoms with van der Waals surface area (Å²) in [5.74, 6) is 0.0816. The molecule has 1 fully saturated rings. The number of carbonyl (C=O) groups is 1. The molecule has 4 nitrogen and oxygen atoms in total. The predicted octanol–water partition coefficient (Wildman–Crippen LogP) is 3.57. The molecule has 0 radical (unpaired) electrons. The first-order chi connectivity index (χ1) is 8.65. The second-order valence-corrected chi connectivity index (χ2v) is 7.01. The summed E-state index contributed by atoms with van der Waals surface area (Å²) < 4.78 is 5.38. The SMILES string of the molecule is CC(C#N)CC1(C)CCN(C(=O)OC(C)(C)C)CC1. The Morgan fingerprint density at radius 1 is 1.42 bits per heavy atom. The summed E-state index contributed by atoms with van der Waals surface area (Å²) >= 11 is 0. The summed E-state index contributed by atoms with van der Waals surface area (Å²) in [5, 5.41) is 8.91. The van der Waals surface area contributed by atoms with Gasteiger partial charge in [0.05, 0.1) is 6.07 Å². The lowest BCUT2D eigenvalue weighted by atomic mass is 9.74. The van der Waals surface area contributed by atoms with Gasteiger partial charge in [-0.2, -0.15) is 5.26 Å². The van der Waals surface area contributed by atoms with Crippen LogP contribution < -0.4 is 0 Å². The van der Waals surface area contributed by atoms with Gasteiger partial charge >= 0.3 is 6.09 Å². The average Bonchev–Trinajstić information content (AvgIpc) is 2.26. The summed E-state index contributed by atoms with van der Waals surface area (Å²) in [6.45, 7) is 11.3. The van der Waals surface area contributed by atoms with E-state index in [1.807, 2.05) is 27.7 Å². The molecule has 4 heteroatoms. The minimum Gasteiger partial charge on any atom is -0.444 e. The monoisotopic (exact) mass is 266 g/mol. The normalized spacial score (nSPS) is 20.5. The molecule has 108 valence electrons. The zero-order valence-electron chi connectivity index (χ0n) is 12.8. The molecule has 0 aromatic carbocycles. The second-order valence-electron chi connectivity index (χ2n) is 7.01. The molecule has 0 saturated carbocycles. The van der Waals surface area contributed by atoms with Gasteiger partial charge in [0.2, 0.25) is 0 Å². The second kappa shape index (κ2) is 5.81. The van der Waals surface area contributed by atoms with Gasteiger partial charge in [0.25, 0.3) is 0 Å². The predicted molar refractivity (Wildman–Crippen MR) is 74.5 cm³/mol. The molecule has 1 saturated heterocycles. The molecule has 1 heterocycles. The molecule has 0 bridgehead atoms. The fourth-order valence-electron chi connectivity index (χ4n) is 2.54. The van der Waals surface area contributed by atoms with E-state index in [0.717, 1.165) is 32.4 Å². The van der Waals surface area contributed by atoms with E-state index in [-0.39, 0.29) is 17.4 Å². The van der Waals surface area contributed by atoms with Crippen LogP contribution in [-0.2, 0) is 4.74 Å². The maximum absolute atomic E-state index is 12.0. The summed E-state index contributed by atoms with van der Waals surface area (Å²) in [6, 6.07) is 2.30. The summed E-state index contributed by atoms with van der Waals surface area (Å²) in [7, 11) is 0. The average molecular weight is 266 g/mol. The zero-order chi connectivity index (χ0) is 14.7. The molecule has 1 atom stereocenters. The highest BCUT2D eigenvalue weighted by molar-refractivity contribution is 5.68. The van der Waals surface area contributed by atoms with Crippen molar-refractivity contribution in [1.29, 1.82) is 5.26 Å². The van der Waals surface area contributed by atoms with E-state index < -0.39 is 5.60 Å². The minimum atomic E-state index is -0.437. The van der Waals surface area contributed by atoms with Crippen molar-refractivity contribution in [1.82, 2.24) is 4.90 Å². The third kappa shape index (κ3) is 5.10. The van der Waals surface area contributed by atoms with Crippen LogP contribution in [0.15, 0.2) is 0 Å². The van der Waals surface area contributed by atoms with Gasteiger partial charge < -0.3 is 9.64 Å². The summed E-state index contributed by atoms with van der Waals surface area (Å²) in [5.41, 5.74) is -0.263. The van der Waals surface area contributed by atoms with Gasteiger partial charge in [-0.25, -0.2) is 4.79 Å². The van der Waals surface area contributed by atoms with Crippen molar-refractivity contribution >= 4 is 6.09 Å². The fraction of sp³-hybridized carbons (Fsp3) is 0.867. The van der Waals surface area contributed by atoms with Crippen molar-refractivity contribution < 1.29 is 9.53 Å². The lowest BCUT2D eigenvalue weighted by molar-refractivity contribution is 0.0102. The molecule has 0 spiro atoms. The number of nitrogens with zero attached hydrogens (tertiary/aromatic N) is 2. The third-order valence-electron chi connectivity index (χ3n) is 3.64. The molecular weight excluding hydrogens is 240 g/mol. The summed E-state index contributed by atoms with van der Waals surface area (Å²) in [6.07, 6.45) is 2.57. The van der Waals surface area contributed by atoms with Gasteiger partial charge in [-0.05, 0) is 52.4 Å². The molecule has 1 amide bonds. The Bertz CT molecular complexity index is 357. The molecule has 1 aliphatic rings. The highest BCUT2D eigenvalue weighted by atomic mass is 16.6. The first kappa shape index (κ1) is 15.8. The maximum Gasteiger partial charge on any atom is 0.410 e. The van der Waals surface area contributed by atoms with Gasteiger partial charge in [-0.3, -0.25) is 0 Å². The van der Waals surface area contributed by atoms with Crippen molar-refractivity contribution in [3.8, 4) is 6.07 Å². The Kier molecular flexibility index (Phi) is 4.84.